The normalized spacial score (nSPS) is 17.6. The van der Waals surface area contributed by atoms with E-state index in [1.165, 1.54) is 18.2 Å². The predicted octanol–water partition coefficient (Wildman–Crippen LogP) is 4.48. The Morgan fingerprint density at radius 1 is 1.08 bits per heavy atom. The highest BCUT2D eigenvalue weighted by atomic mass is 19.3. The summed E-state index contributed by atoms with van der Waals surface area (Å²) in [5, 5.41) is 8.93. The standard InChI is InChI=1S/C28H29F2N5O4/c1-2-35-13-5-6-20(35)17-33-27(37)23-14-18(11-12-31-23)16-32-22-8-4-3-7-21(22)26(36)34-19-9-10-24-25(15-19)39-28(29,30)38-24/h3-4,7-12,14-15,20,32H,2,5-6,13,16-17H2,1H3,(H,33,37)(H,34,36). The van der Waals surface area contributed by atoms with Gasteiger partial charge in [0.2, 0.25) is 0 Å². The molecule has 0 aliphatic carbocycles. The van der Waals surface area contributed by atoms with Crippen LogP contribution in [-0.4, -0.2) is 53.7 Å². The van der Waals surface area contributed by atoms with Gasteiger partial charge in [-0.3, -0.25) is 19.5 Å². The van der Waals surface area contributed by atoms with Gasteiger partial charge in [0.05, 0.1) is 5.56 Å². The minimum Gasteiger partial charge on any atom is -0.395 e. The van der Waals surface area contributed by atoms with E-state index in [1.807, 2.05) is 0 Å². The van der Waals surface area contributed by atoms with Crippen LogP contribution in [0.15, 0.2) is 60.8 Å². The molecule has 1 saturated heterocycles. The number of nitrogens with one attached hydrogen (secondary N) is 3. The second kappa shape index (κ2) is 11.2. The number of carbonyl (C=O) groups excluding carboxylic acids is 2. The molecule has 3 heterocycles. The number of likely N-dealkylation sites (N-methyl/N-ethyl adjacent to an activating group) is 1. The maximum Gasteiger partial charge on any atom is 0.586 e. The van der Waals surface area contributed by atoms with Crippen molar-refractivity contribution >= 4 is 23.2 Å². The number of aromatic nitrogens is 1. The molecule has 3 aromatic rings. The molecule has 0 spiro atoms. The zero-order valence-electron chi connectivity index (χ0n) is 21.4. The van der Waals surface area contributed by atoms with Gasteiger partial charge < -0.3 is 25.4 Å². The van der Waals surface area contributed by atoms with Gasteiger partial charge in [-0.15, -0.1) is 8.78 Å². The summed E-state index contributed by atoms with van der Waals surface area (Å²) in [5.74, 6) is -0.924. The van der Waals surface area contributed by atoms with E-state index in [1.54, 1.807) is 42.6 Å². The molecule has 0 saturated carbocycles. The fourth-order valence-corrected chi connectivity index (χ4v) is 4.81. The fourth-order valence-electron chi connectivity index (χ4n) is 4.81. The number of fused-ring (bicyclic) bond motifs is 1. The van der Waals surface area contributed by atoms with E-state index in [0.717, 1.165) is 31.5 Å². The van der Waals surface area contributed by atoms with Gasteiger partial charge in [-0.2, -0.15) is 0 Å². The molecule has 9 nitrogen and oxygen atoms in total. The van der Waals surface area contributed by atoms with Crippen LogP contribution < -0.4 is 25.4 Å². The van der Waals surface area contributed by atoms with Crippen molar-refractivity contribution in [2.24, 2.45) is 0 Å². The van der Waals surface area contributed by atoms with Gasteiger partial charge in [-0.05, 0) is 67.9 Å². The number of anilines is 2. The molecule has 0 bridgehead atoms. The number of benzene rings is 2. The van der Waals surface area contributed by atoms with E-state index in [9.17, 15) is 18.4 Å². The summed E-state index contributed by atoms with van der Waals surface area (Å²) in [5.41, 5.74) is 2.34. The Morgan fingerprint density at radius 2 is 1.90 bits per heavy atom. The number of nitrogens with zero attached hydrogens (tertiary/aromatic N) is 2. The molecule has 1 atom stereocenters. The predicted molar refractivity (Wildman–Crippen MR) is 141 cm³/mol. The molecule has 204 valence electrons. The maximum absolute atomic E-state index is 13.3. The van der Waals surface area contributed by atoms with Gasteiger partial charge in [0, 0.05) is 42.8 Å². The van der Waals surface area contributed by atoms with Crippen molar-refractivity contribution in [2.45, 2.75) is 38.6 Å². The Bertz CT molecular complexity index is 1370. The van der Waals surface area contributed by atoms with E-state index in [2.05, 4.69) is 42.2 Å². The summed E-state index contributed by atoms with van der Waals surface area (Å²) < 4.78 is 35.5. The zero-order valence-corrected chi connectivity index (χ0v) is 21.4. The highest BCUT2D eigenvalue weighted by Gasteiger charge is 2.43. The van der Waals surface area contributed by atoms with Crippen molar-refractivity contribution in [1.29, 1.82) is 0 Å². The van der Waals surface area contributed by atoms with Crippen LogP contribution >= 0.6 is 0 Å². The second-order valence-electron chi connectivity index (χ2n) is 9.37. The average molecular weight is 538 g/mol. The first-order valence-corrected chi connectivity index (χ1v) is 12.8. The smallest absolute Gasteiger partial charge is 0.395 e. The summed E-state index contributed by atoms with van der Waals surface area (Å²) >= 11 is 0. The monoisotopic (exact) mass is 537 g/mol. The van der Waals surface area contributed by atoms with Gasteiger partial charge >= 0.3 is 6.29 Å². The van der Waals surface area contributed by atoms with E-state index in [4.69, 9.17) is 0 Å². The lowest BCUT2D eigenvalue weighted by Crippen LogP contribution is -2.40. The first kappa shape index (κ1) is 26.4. The Labute approximate surface area is 224 Å². The number of hydrogen-bond acceptors (Lipinski definition) is 7. The molecule has 1 unspecified atom stereocenters. The van der Waals surface area contributed by atoms with E-state index in [0.29, 0.717) is 36.1 Å². The Kier molecular flexibility index (Phi) is 7.60. The van der Waals surface area contributed by atoms with E-state index >= 15 is 0 Å². The van der Waals surface area contributed by atoms with Crippen molar-refractivity contribution in [1.82, 2.24) is 15.2 Å². The molecule has 3 N–H and O–H groups in total. The number of pyridine rings is 1. The number of rotatable bonds is 9. The number of halogens is 2. The molecule has 0 radical (unpaired) electrons. The fraction of sp³-hybridized carbons (Fsp3) is 0.321. The SMILES string of the molecule is CCN1CCCC1CNC(=O)c1cc(CNc2ccccc2C(=O)Nc2ccc3c(c2)OC(F)(F)O3)ccn1. The first-order valence-electron chi connectivity index (χ1n) is 12.8. The van der Waals surface area contributed by atoms with Crippen LogP contribution in [0, 0.1) is 0 Å². The van der Waals surface area contributed by atoms with Crippen molar-refractivity contribution in [2.75, 3.05) is 30.3 Å². The highest BCUT2D eigenvalue weighted by Crippen LogP contribution is 2.42. The lowest BCUT2D eigenvalue weighted by molar-refractivity contribution is -0.286. The lowest BCUT2D eigenvalue weighted by Gasteiger charge is -2.22. The van der Waals surface area contributed by atoms with Crippen LogP contribution in [-0.2, 0) is 6.54 Å². The number of alkyl halides is 2. The molecule has 2 aliphatic heterocycles. The van der Waals surface area contributed by atoms with E-state index in [-0.39, 0.29) is 23.1 Å². The molecule has 2 amide bonds. The largest absolute Gasteiger partial charge is 0.586 e. The Balaban J connectivity index is 1.20. The van der Waals surface area contributed by atoms with Crippen molar-refractivity contribution in [3.8, 4) is 11.5 Å². The van der Waals surface area contributed by atoms with Crippen molar-refractivity contribution in [3.63, 3.8) is 0 Å². The zero-order chi connectivity index (χ0) is 27.4. The summed E-state index contributed by atoms with van der Waals surface area (Å²) in [6, 6.07) is 14.8. The van der Waals surface area contributed by atoms with Gasteiger partial charge in [-0.1, -0.05) is 19.1 Å². The third-order valence-electron chi connectivity index (χ3n) is 6.77. The highest BCUT2D eigenvalue weighted by molar-refractivity contribution is 6.08. The third-order valence-corrected chi connectivity index (χ3v) is 6.77. The molecule has 39 heavy (non-hydrogen) atoms. The van der Waals surface area contributed by atoms with Crippen LogP contribution in [0.1, 0.15) is 46.2 Å². The Morgan fingerprint density at radius 3 is 2.74 bits per heavy atom. The van der Waals surface area contributed by atoms with Crippen LogP contribution in [0.2, 0.25) is 0 Å². The first-order chi connectivity index (χ1) is 18.8. The topological polar surface area (TPSA) is 105 Å². The number of ether oxygens (including phenoxy) is 2. The molecule has 2 aliphatic rings. The summed E-state index contributed by atoms with van der Waals surface area (Å²) in [6.45, 7) is 5.09. The molecule has 2 aromatic carbocycles. The number of hydrogen-bond donors (Lipinski definition) is 3. The van der Waals surface area contributed by atoms with Gasteiger partial charge in [0.1, 0.15) is 5.69 Å². The van der Waals surface area contributed by atoms with Crippen molar-refractivity contribution in [3.05, 3.63) is 77.6 Å². The molecule has 5 rings (SSSR count). The van der Waals surface area contributed by atoms with E-state index < -0.39 is 12.2 Å². The quantitative estimate of drug-likeness (QED) is 0.370. The Hall–Kier alpha value is -4.25. The molecular weight excluding hydrogens is 508 g/mol. The summed E-state index contributed by atoms with van der Waals surface area (Å²) in [6.07, 6.45) is 0.0643. The number of likely N-dealkylation sites (tertiary alicyclic amines) is 1. The minimum atomic E-state index is -3.73. The average Bonchev–Trinajstić information content (AvgIpc) is 3.52. The van der Waals surface area contributed by atoms with Gasteiger partial charge in [0.15, 0.2) is 11.5 Å². The molecular formula is C28H29F2N5O4. The lowest BCUT2D eigenvalue weighted by atomic mass is 10.1. The molecule has 1 aromatic heterocycles. The maximum atomic E-state index is 13.3. The number of carbonyl (C=O) groups is 2. The van der Waals surface area contributed by atoms with Crippen LogP contribution in [0.4, 0.5) is 20.2 Å². The number of para-hydroxylation sites is 1. The third kappa shape index (κ3) is 6.26. The minimum absolute atomic E-state index is 0.105. The van der Waals surface area contributed by atoms with Crippen LogP contribution in [0.3, 0.4) is 0 Å². The van der Waals surface area contributed by atoms with Gasteiger partial charge in [0.25, 0.3) is 11.8 Å². The second-order valence-corrected chi connectivity index (χ2v) is 9.37. The molecule has 11 heteroatoms. The number of amides is 2. The van der Waals surface area contributed by atoms with Crippen LogP contribution in [0.25, 0.3) is 0 Å². The van der Waals surface area contributed by atoms with Crippen molar-refractivity contribution < 1.29 is 27.8 Å². The summed E-state index contributed by atoms with van der Waals surface area (Å²) in [7, 11) is 0. The summed E-state index contributed by atoms with van der Waals surface area (Å²) in [4.78, 5) is 32.3. The van der Waals surface area contributed by atoms with Gasteiger partial charge in [-0.25, -0.2) is 0 Å². The molecule has 1 fully saturated rings. The van der Waals surface area contributed by atoms with Crippen LogP contribution in [0.5, 0.6) is 11.5 Å².